The Balaban J connectivity index is 1.79. The third kappa shape index (κ3) is 7.29. The van der Waals surface area contributed by atoms with Gasteiger partial charge in [-0.2, -0.15) is 0 Å². The minimum Gasteiger partial charge on any atom is -0.493 e. The van der Waals surface area contributed by atoms with Gasteiger partial charge >= 0.3 is 0 Å². The average molecular weight is 438 g/mol. The maximum atomic E-state index is 12.3. The number of rotatable bonds is 8. The summed E-state index contributed by atoms with van der Waals surface area (Å²) in [4.78, 5) is 36.2. The number of carbonyl (C=O) groups excluding carboxylic acids is 3. The molecule has 29 heavy (non-hydrogen) atoms. The van der Waals surface area contributed by atoms with Crippen molar-refractivity contribution in [3.63, 3.8) is 0 Å². The normalized spacial score (nSPS) is 10.2. The molecule has 0 unspecified atom stereocenters. The molecule has 0 bridgehead atoms. The van der Waals surface area contributed by atoms with Crippen LogP contribution in [0.3, 0.4) is 0 Å². The molecule has 0 heterocycles. The molecule has 3 amide bonds. The Kier molecular flexibility index (Phi) is 8.76. The van der Waals surface area contributed by atoms with Crippen LogP contribution in [-0.2, 0) is 9.59 Å². The summed E-state index contributed by atoms with van der Waals surface area (Å²) in [5.41, 5.74) is 5.31. The minimum absolute atomic E-state index is 0.0865. The summed E-state index contributed by atoms with van der Waals surface area (Å²) in [6, 6.07) is 11.4. The highest BCUT2D eigenvalue weighted by Crippen LogP contribution is 2.25. The molecule has 0 aliphatic heterocycles. The molecule has 0 aromatic heterocycles. The zero-order valence-electron chi connectivity index (χ0n) is 15.8. The van der Waals surface area contributed by atoms with E-state index in [4.69, 9.17) is 27.9 Å². The van der Waals surface area contributed by atoms with E-state index in [9.17, 15) is 14.4 Å². The number of halogens is 2. The molecule has 0 saturated heterocycles. The van der Waals surface area contributed by atoms with Crippen LogP contribution in [0.2, 0.25) is 10.0 Å². The van der Waals surface area contributed by atoms with E-state index in [-0.39, 0.29) is 12.8 Å². The molecule has 0 spiro atoms. The van der Waals surface area contributed by atoms with Crippen LogP contribution in [0.5, 0.6) is 5.75 Å². The highest BCUT2D eigenvalue weighted by atomic mass is 35.5. The standard InChI is InChI=1S/C20H21Cl2N3O4/c1-2-11-29-17-6-4-3-5-14(17)20(28)25-24-19(27)10-9-18(26)23-16-8-7-13(21)12-15(16)22/h3-8,12H,2,9-11H2,1H3,(H,23,26)(H,24,27)(H,25,28). The first-order chi connectivity index (χ1) is 13.9. The van der Waals surface area contributed by atoms with Gasteiger partial charge < -0.3 is 10.1 Å². The van der Waals surface area contributed by atoms with Crippen LogP contribution in [0, 0.1) is 0 Å². The van der Waals surface area contributed by atoms with Crippen LogP contribution in [0.25, 0.3) is 0 Å². The number of hydrogen-bond donors (Lipinski definition) is 3. The lowest BCUT2D eigenvalue weighted by Crippen LogP contribution is -2.42. The fourth-order valence-electron chi connectivity index (χ4n) is 2.28. The number of ether oxygens (including phenoxy) is 1. The molecule has 0 radical (unpaired) electrons. The summed E-state index contributed by atoms with van der Waals surface area (Å²) >= 11 is 11.8. The number of nitrogens with one attached hydrogen (secondary N) is 3. The van der Waals surface area contributed by atoms with Crippen molar-refractivity contribution < 1.29 is 19.1 Å². The Hall–Kier alpha value is -2.77. The van der Waals surface area contributed by atoms with E-state index < -0.39 is 17.7 Å². The van der Waals surface area contributed by atoms with Gasteiger partial charge in [0.2, 0.25) is 11.8 Å². The molecule has 0 fully saturated rings. The number of hydrazine groups is 1. The molecule has 0 aliphatic rings. The summed E-state index contributed by atoms with van der Waals surface area (Å²) in [7, 11) is 0. The van der Waals surface area contributed by atoms with E-state index >= 15 is 0 Å². The van der Waals surface area contributed by atoms with Gasteiger partial charge in [0.1, 0.15) is 5.75 Å². The highest BCUT2D eigenvalue weighted by Gasteiger charge is 2.14. The minimum atomic E-state index is -0.512. The maximum Gasteiger partial charge on any atom is 0.273 e. The summed E-state index contributed by atoms with van der Waals surface area (Å²) in [5, 5.41) is 3.34. The van der Waals surface area contributed by atoms with Crippen LogP contribution >= 0.6 is 23.2 Å². The largest absolute Gasteiger partial charge is 0.493 e. The number of benzene rings is 2. The predicted molar refractivity (Wildman–Crippen MR) is 112 cm³/mol. The number of amides is 3. The lowest BCUT2D eigenvalue weighted by Gasteiger charge is -2.12. The maximum absolute atomic E-state index is 12.3. The van der Waals surface area contributed by atoms with Crippen molar-refractivity contribution in [2.45, 2.75) is 26.2 Å². The zero-order valence-corrected chi connectivity index (χ0v) is 17.3. The quantitative estimate of drug-likeness (QED) is 0.544. The van der Waals surface area contributed by atoms with Crippen molar-refractivity contribution in [1.29, 1.82) is 0 Å². The summed E-state index contributed by atoms with van der Waals surface area (Å²) in [6.07, 6.45) is 0.595. The fraction of sp³-hybridized carbons (Fsp3) is 0.250. The van der Waals surface area contributed by atoms with Crippen molar-refractivity contribution in [2.75, 3.05) is 11.9 Å². The van der Waals surface area contributed by atoms with Crippen molar-refractivity contribution in [3.8, 4) is 5.75 Å². The topological polar surface area (TPSA) is 96.5 Å². The molecule has 7 nitrogen and oxygen atoms in total. The number of para-hydroxylation sites is 1. The Labute approximate surface area is 178 Å². The molecule has 2 aromatic carbocycles. The first kappa shape index (κ1) is 22.5. The lowest BCUT2D eigenvalue weighted by atomic mass is 10.2. The molecule has 9 heteroatoms. The molecular formula is C20H21Cl2N3O4. The summed E-state index contributed by atoms with van der Waals surface area (Å²) in [6.45, 7) is 2.43. The van der Waals surface area contributed by atoms with Gasteiger partial charge in [0, 0.05) is 17.9 Å². The zero-order chi connectivity index (χ0) is 21.2. The number of hydrogen-bond acceptors (Lipinski definition) is 4. The van der Waals surface area contributed by atoms with Crippen molar-refractivity contribution in [3.05, 3.63) is 58.1 Å². The van der Waals surface area contributed by atoms with Gasteiger partial charge in [0.25, 0.3) is 5.91 Å². The smallest absolute Gasteiger partial charge is 0.273 e. The number of anilines is 1. The van der Waals surface area contributed by atoms with Crippen LogP contribution in [0.4, 0.5) is 5.69 Å². The molecular weight excluding hydrogens is 417 g/mol. The third-order valence-electron chi connectivity index (χ3n) is 3.69. The van der Waals surface area contributed by atoms with E-state index in [1.54, 1.807) is 36.4 Å². The molecule has 154 valence electrons. The lowest BCUT2D eigenvalue weighted by molar-refractivity contribution is -0.124. The predicted octanol–water partition coefficient (Wildman–Crippen LogP) is 3.96. The molecule has 2 aromatic rings. The monoisotopic (exact) mass is 437 g/mol. The van der Waals surface area contributed by atoms with Crippen molar-refractivity contribution >= 4 is 46.6 Å². The van der Waals surface area contributed by atoms with E-state index in [1.807, 2.05) is 6.92 Å². The van der Waals surface area contributed by atoms with E-state index in [2.05, 4.69) is 16.2 Å². The van der Waals surface area contributed by atoms with Gasteiger partial charge in [0.15, 0.2) is 0 Å². The molecule has 0 atom stereocenters. The van der Waals surface area contributed by atoms with Gasteiger partial charge in [-0.25, -0.2) is 0 Å². The first-order valence-electron chi connectivity index (χ1n) is 8.96. The van der Waals surface area contributed by atoms with Crippen LogP contribution < -0.4 is 20.9 Å². The Morgan fingerprint density at radius 3 is 2.41 bits per heavy atom. The SMILES string of the molecule is CCCOc1ccccc1C(=O)NNC(=O)CCC(=O)Nc1ccc(Cl)cc1Cl. The van der Waals surface area contributed by atoms with Gasteiger partial charge in [-0.15, -0.1) is 0 Å². The Morgan fingerprint density at radius 1 is 0.966 bits per heavy atom. The van der Waals surface area contributed by atoms with Gasteiger partial charge in [0.05, 0.1) is 22.9 Å². The second-order valence-electron chi connectivity index (χ2n) is 6.02. The third-order valence-corrected chi connectivity index (χ3v) is 4.24. The van der Waals surface area contributed by atoms with Gasteiger partial charge in [-0.3, -0.25) is 25.2 Å². The van der Waals surface area contributed by atoms with Crippen molar-refractivity contribution in [2.24, 2.45) is 0 Å². The van der Waals surface area contributed by atoms with Crippen LogP contribution in [0.1, 0.15) is 36.5 Å². The average Bonchev–Trinajstić information content (AvgIpc) is 2.71. The van der Waals surface area contributed by atoms with Crippen LogP contribution in [-0.4, -0.2) is 24.3 Å². The van der Waals surface area contributed by atoms with Gasteiger partial charge in [-0.1, -0.05) is 42.3 Å². The summed E-state index contributed by atoms with van der Waals surface area (Å²) < 4.78 is 5.52. The van der Waals surface area contributed by atoms with E-state index in [0.717, 1.165) is 6.42 Å². The van der Waals surface area contributed by atoms with E-state index in [1.165, 1.54) is 6.07 Å². The second kappa shape index (κ2) is 11.3. The molecule has 0 saturated carbocycles. The van der Waals surface area contributed by atoms with Crippen molar-refractivity contribution in [1.82, 2.24) is 10.9 Å². The van der Waals surface area contributed by atoms with E-state index in [0.29, 0.717) is 33.7 Å². The Morgan fingerprint density at radius 2 is 1.69 bits per heavy atom. The molecule has 2 rings (SSSR count). The first-order valence-corrected chi connectivity index (χ1v) is 9.72. The molecule has 3 N–H and O–H groups in total. The summed E-state index contributed by atoms with van der Waals surface area (Å²) in [5.74, 6) is -0.987. The molecule has 0 aliphatic carbocycles. The highest BCUT2D eigenvalue weighted by molar-refractivity contribution is 6.36. The second-order valence-corrected chi connectivity index (χ2v) is 6.86. The van der Waals surface area contributed by atoms with Gasteiger partial charge in [-0.05, 0) is 36.8 Å². The fourth-order valence-corrected chi connectivity index (χ4v) is 2.73. The van der Waals surface area contributed by atoms with Crippen LogP contribution in [0.15, 0.2) is 42.5 Å². The number of carbonyl (C=O) groups is 3. The Bertz CT molecular complexity index is 890.